The van der Waals surface area contributed by atoms with Gasteiger partial charge in [-0.25, -0.2) is 24.7 Å². The number of pyridine rings is 1. The minimum Gasteiger partial charge on any atom is -0.465 e. The molecule has 0 radical (unpaired) electrons. The number of anilines is 1. The largest absolute Gasteiger partial charge is 0.465 e. The van der Waals surface area contributed by atoms with Gasteiger partial charge in [0.25, 0.3) is 5.56 Å². The second kappa shape index (κ2) is 5.62. The average molecular weight is 338 g/mol. The minimum atomic E-state index is -1.20. The van der Waals surface area contributed by atoms with Crippen LogP contribution in [0.15, 0.2) is 29.3 Å². The highest BCUT2D eigenvalue weighted by Gasteiger charge is 2.43. The van der Waals surface area contributed by atoms with Gasteiger partial charge in [0.2, 0.25) is 0 Å². The minimum absolute atomic E-state index is 0.0370. The molecule has 0 aliphatic heterocycles. The van der Waals surface area contributed by atoms with Crippen molar-refractivity contribution in [2.75, 3.05) is 5.32 Å². The Hall–Kier alpha value is -3.36. The fraction of sp³-hybridized carbons (Fsp3) is 0.250. The van der Waals surface area contributed by atoms with E-state index in [1.54, 1.807) is 6.20 Å². The maximum atomic E-state index is 12.2. The predicted molar refractivity (Wildman–Crippen MR) is 88.7 cm³/mol. The molecule has 3 aromatic heterocycles. The summed E-state index contributed by atoms with van der Waals surface area (Å²) < 4.78 is 0. The molecule has 4 rings (SSSR count). The molecular weight excluding hydrogens is 324 g/mol. The Bertz CT molecular complexity index is 1050. The van der Waals surface area contributed by atoms with Gasteiger partial charge in [0.15, 0.2) is 5.52 Å². The number of amides is 1. The summed E-state index contributed by atoms with van der Waals surface area (Å²) in [6, 6.07) is 3.33. The van der Waals surface area contributed by atoms with Crippen LogP contribution in [0, 0.1) is 6.92 Å². The third-order valence-electron chi connectivity index (χ3n) is 4.10. The first-order valence-electron chi connectivity index (χ1n) is 7.71. The number of aromatic amines is 1. The van der Waals surface area contributed by atoms with Crippen molar-refractivity contribution in [3.8, 4) is 0 Å². The number of hydrogen-bond acceptors (Lipinski definition) is 6. The van der Waals surface area contributed by atoms with Crippen LogP contribution in [-0.4, -0.2) is 36.1 Å². The molecule has 9 heteroatoms. The molecule has 1 aliphatic rings. The zero-order valence-corrected chi connectivity index (χ0v) is 13.2. The number of nitrogens with one attached hydrogen (secondary N) is 2. The summed E-state index contributed by atoms with van der Waals surface area (Å²) in [5.41, 5.74) is 1.32. The van der Waals surface area contributed by atoms with Gasteiger partial charge in [-0.05, 0) is 25.5 Å². The second-order valence-electron chi connectivity index (χ2n) is 5.98. The molecule has 3 heterocycles. The van der Waals surface area contributed by atoms with E-state index in [1.165, 1.54) is 12.3 Å². The summed E-state index contributed by atoms with van der Waals surface area (Å²) in [5, 5.41) is 11.0. The Morgan fingerprint density at radius 1 is 1.32 bits per heavy atom. The van der Waals surface area contributed by atoms with Crippen molar-refractivity contribution in [2.45, 2.75) is 25.2 Å². The normalized spacial score (nSPS) is 18.9. The van der Waals surface area contributed by atoms with Crippen LogP contribution in [0.1, 0.15) is 35.6 Å². The third-order valence-corrected chi connectivity index (χ3v) is 4.10. The number of fused-ring (bicyclic) bond motifs is 1. The topological polar surface area (TPSA) is 134 Å². The molecule has 1 fully saturated rings. The standard InChI is InChI=1S/C16H14N6O3/c1-7-2-3-17-13(19-7)9-5-10(9)14-21-11-4-8(20-16(24)25)6-18-12(11)15(23)22-14/h2-4,6,9-10,20H,5H2,1H3,(H,24,25)(H,21,22,23)/t9-,10-/m0/s1. The summed E-state index contributed by atoms with van der Waals surface area (Å²) in [6.07, 6.45) is 2.61. The molecule has 9 nitrogen and oxygen atoms in total. The zero-order valence-electron chi connectivity index (χ0n) is 13.2. The molecule has 0 aromatic carbocycles. The fourth-order valence-electron chi connectivity index (χ4n) is 2.84. The van der Waals surface area contributed by atoms with Crippen LogP contribution < -0.4 is 10.9 Å². The van der Waals surface area contributed by atoms with E-state index < -0.39 is 6.09 Å². The highest BCUT2D eigenvalue weighted by molar-refractivity contribution is 5.86. The molecule has 126 valence electrons. The van der Waals surface area contributed by atoms with Gasteiger partial charge in [-0.15, -0.1) is 0 Å². The van der Waals surface area contributed by atoms with E-state index >= 15 is 0 Å². The Morgan fingerprint density at radius 2 is 2.16 bits per heavy atom. The summed E-state index contributed by atoms with van der Waals surface area (Å²) in [5.74, 6) is 1.44. The highest BCUT2D eigenvalue weighted by atomic mass is 16.4. The lowest BCUT2D eigenvalue weighted by Crippen LogP contribution is -2.14. The number of rotatable bonds is 3. The van der Waals surface area contributed by atoms with E-state index in [1.807, 2.05) is 13.0 Å². The van der Waals surface area contributed by atoms with E-state index in [2.05, 4.69) is 30.2 Å². The molecule has 0 spiro atoms. The van der Waals surface area contributed by atoms with Crippen molar-refractivity contribution in [2.24, 2.45) is 0 Å². The Kier molecular flexibility index (Phi) is 3.41. The van der Waals surface area contributed by atoms with Crippen LogP contribution >= 0.6 is 0 Å². The molecule has 3 aromatic rings. The predicted octanol–water partition coefficient (Wildman–Crippen LogP) is 1.78. The van der Waals surface area contributed by atoms with Crippen LogP contribution in [0.4, 0.5) is 10.5 Å². The van der Waals surface area contributed by atoms with E-state index in [-0.39, 0.29) is 28.6 Å². The van der Waals surface area contributed by atoms with E-state index in [0.29, 0.717) is 11.3 Å². The molecule has 3 N–H and O–H groups in total. The van der Waals surface area contributed by atoms with Crippen molar-refractivity contribution >= 4 is 22.8 Å². The molecule has 0 unspecified atom stereocenters. The SMILES string of the molecule is Cc1ccnc([C@H]2C[C@@H]2c2nc3cc(NC(=O)O)cnc3c(=O)[nH]2)n1. The van der Waals surface area contributed by atoms with Gasteiger partial charge in [0.1, 0.15) is 11.6 Å². The lowest BCUT2D eigenvalue weighted by atomic mass is 10.2. The van der Waals surface area contributed by atoms with Gasteiger partial charge in [0, 0.05) is 23.7 Å². The van der Waals surface area contributed by atoms with Crippen molar-refractivity contribution in [3.05, 3.63) is 52.2 Å². The Labute approximate surface area is 141 Å². The molecule has 0 saturated heterocycles. The van der Waals surface area contributed by atoms with Gasteiger partial charge >= 0.3 is 6.09 Å². The summed E-state index contributed by atoms with van der Waals surface area (Å²) in [7, 11) is 0. The Balaban J connectivity index is 1.69. The monoisotopic (exact) mass is 338 g/mol. The Morgan fingerprint density at radius 3 is 2.92 bits per heavy atom. The van der Waals surface area contributed by atoms with Gasteiger partial charge in [-0.1, -0.05) is 0 Å². The maximum absolute atomic E-state index is 12.2. The number of carboxylic acid groups (broad SMARTS) is 1. The van der Waals surface area contributed by atoms with Crippen LogP contribution in [0.5, 0.6) is 0 Å². The molecule has 25 heavy (non-hydrogen) atoms. The molecular formula is C16H14N6O3. The maximum Gasteiger partial charge on any atom is 0.409 e. The lowest BCUT2D eigenvalue weighted by Gasteiger charge is -2.04. The number of carbonyl (C=O) groups is 1. The average Bonchev–Trinajstić information content (AvgIpc) is 3.34. The van der Waals surface area contributed by atoms with E-state index in [9.17, 15) is 9.59 Å². The van der Waals surface area contributed by atoms with Gasteiger partial charge in [-0.3, -0.25) is 10.1 Å². The quantitative estimate of drug-likeness (QED) is 0.662. The lowest BCUT2D eigenvalue weighted by molar-refractivity contribution is 0.209. The molecule has 2 atom stereocenters. The first-order chi connectivity index (χ1) is 12.0. The number of H-pyrrole nitrogens is 1. The van der Waals surface area contributed by atoms with Crippen molar-refractivity contribution in [1.29, 1.82) is 0 Å². The number of aryl methyl sites for hydroxylation is 1. The first kappa shape index (κ1) is 15.2. The fourth-order valence-corrected chi connectivity index (χ4v) is 2.84. The van der Waals surface area contributed by atoms with Crippen LogP contribution in [-0.2, 0) is 0 Å². The van der Waals surface area contributed by atoms with Crippen LogP contribution in [0.3, 0.4) is 0 Å². The summed E-state index contributed by atoms with van der Waals surface area (Å²) in [4.78, 5) is 42.9. The van der Waals surface area contributed by atoms with Crippen LogP contribution in [0.25, 0.3) is 11.0 Å². The van der Waals surface area contributed by atoms with Crippen molar-refractivity contribution in [1.82, 2.24) is 24.9 Å². The smallest absolute Gasteiger partial charge is 0.409 e. The van der Waals surface area contributed by atoms with Gasteiger partial charge in [-0.2, -0.15) is 0 Å². The third kappa shape index (κ3) is 2.91. The van der Waals surface area contributed by atoms with Crippen LogP contribution in [0.2, 0.25) is 0 Å². The van der Waals surface area contributed by atoms with E-state index in [4.69, 9.17) is 5.11 Å². The molecule has 1 amide bonds. The van der Waals surface area contributed by atoms with Crippen molar-refractivity contribution < 1.29 is 9.90 Å². The van der Waals surface area contributed by atoms with Crippen molar-refractivity contribution in [3.63, 3.8) is 0 Å². The zero-order chi connectivity index (χ0) is 17.6. The van der Waals surface area contributed by atoms with Gasteiger partial charge in [0.05, 0.1) is 17.4 Å². The molecule has 1 saturated carbocycles. The van der Waals surface area contributed by atoms with Gasteiger partial charge < -0.3 is 10.1 Å². The first-order valence-corrected chi connectivity index (χ1v) is 7.71. The summed E-state index contributed by atoms with van der Waals surface area (Å²) >= 11 is 0. The molecule has 0 bridgehead atoms. The summed E-state index contributed by atoms with van der Waals surface area (Å²) in [6.45, 7) is 1.90. The number of nitrogens with zero attached hydrogens (tertiary/aromatic N) is 4. The molecule has 1 aliphatic carbocycles. The number of hydrogen-bond donors (Lipinski definition) is 3. The highest BCUT2D eigenvalue weighted by Crippen LogP contribution is 2.52. The number of aromatic nitrogens is 5. The van der Waals surface area contributed by atoms with E-state index in [0.717, 1.165) is 17.9 Å². The second-order valence-corrected chi connectivity index (χ2v) is 5.98.